The summed E-state index contributed by atoms with van der Waals surface area (Å²) in [5.41, 5.74) is 0.392. The fraction of sp³-hybridized carbons (Fsp3) is 0.471. The summed E-state index contributed by atoms with van der Waals surface area (Å²) in [4.78, 5) is 9.85. The zero-order chi connectivity index (χ0) is 22.7. The van der Waals surface area contributed by atoms with E-state index < -0.39 is 51.0 Å². The molecule has 0 bridgehead atoms. The first kappa shape index (κ1) is 24.3. The Balaban J connectivity index is 2.52. The van der Waals surface area contributed by atoms with E-state index in [0.29, 0.717) is 15.2 Å². The van der Waals surface area contributed by atoms with E-state index in [1.807, 2.05) is 6.92 Å². The number of nitro groups is 1. The van der Waals surface area contributed by atoms with Gasteiger partial charge in [-0.25, -0.2) is 17.2 Å². The summed E-state index contributed by atoms with van der Waals surface area (Å²) in [7, 11) is -2.87. The van der Waals surface area contributed by atoms with Crippen LogP contribution in [0.2, 0.25) is 0 Å². The first-order chi connectivity index (χ1) is 13.9. The lowest BCUT2D eigenvalue weighted by Crippen LogP contribution is -2.36. The van der Waals surface area contributed by atoms with Crippen molar-refractivity contribution in [2.75, 3.05) is 13.2 Å². The number of halogens is 3. The highest BCUT2D eigenvalue weighted by molar-refractivity contribution is 9.10. The van der Waals surface area contributed by atoms with Gasteiger partial charge in [-0.3, -0.25) is 14.8 Å². The van der Waals surface area contributed by atoms with Crippen molar-refractivity contribution in [1.29, 1.82) is 0 Å². The summed E-state index contributed by atoms with van der Waals surface area (Å²) < 4.78 is 56.5. The Bertz CT molecular complexity index is 1030. The third-order valence-electron chi connectivity index (χ3n) is 4.47. The lowest BCUT2D eigenvalue weighted by atomic mass is 10.2. The number of aliphatic hydroxyl groups excluding tert-OH is 1. The Labute approximate surface area is 180 Å². The van der Waals surface area contributed by atoms with Crippen LogP contribution in [-0.2, 0) is 30.0 Å². The van der Waals surface area contributed by atoms with Crippen LogP contribution in [0.1, 0.15) is 24.7 Å². The molecule has 0 saturated carbocycles. The maximum atomic E-state index is 13.6. The quantitative estimate of drug-likeness (QED) is 0.387. The van der Waals surface area contributed by atoms with Crippen molar-refractivity contribution in [3.05, 3.63) is 50.2 Å². The Morgan fingerprint density at radius 2 is 2.00 bits per heavy atom. The molecule has 0 fully saturated rings. The second-order valence-corrected chi connectivity index (χ2v) is 9.21. The van der Waals surface area contributed by atoms with Crippen LogP contribution in [0.3, 0.4) is 0 Å². The van der Waals surface area contributed by atoms with Gasteiger partial charge in [0, 0.05) is 26.1 Å². The zero-order valence-electron chi connectivity index (χ0n) is 16.3. The van der Waals surface area contributed by atoms with Crippen LogP contribution >= 0.6 is 15.9 Å². The van der Waals surface area contributed by atoms with E-state index in [0.717, 1.165) is 17.8 Å². The number of aryl methyl sites for hydroxylation is 1. The van der Waals surface area contributed by atoms with Crippen LogP contribution in [0.25, 0.3) is 0 Å². The highest BCUT2D eigenvalue weighted by Gasteiger charge is 2.36. The van der Waals surface area contributed by atoms with E-state index in [1.165, 1.54) is 16.8 Å². The van der Waals surface area contributed by atoms with E-state index in [9.17, 15) is 27.3 Å². The highest BCUT2D eigenvalue weighted by Crippen LogP contribution is 2.30. The number of nitrogens with zero attached hydrogens (tertiary/aromatic N) is 4. The summed E-state index contributed by atoms with van der Waals surface area (Å²) in [5, 5.41) is 24.4. The van der Waals surface area contributed by atoms with Crippen molar-refractivity contribution in [3.8, 4) is 0 Å². The van der Waals surface area contributed by atoms with Gasteiger partial charge >= 0.3 is 0 Å². The molecule has 1 aromatic heterocycles. The Morgan fingerprint density at radius 3 is 2.53 bits per heavy atom. The zero-order valence-corrected chi connectivity index (χ0v) is 18.7. The van der Waals surface area contributed by atoms with E-state index in [1.54, 1.807) is 7.05 Å². The molecule has 0 radical (unpaired) electrons. The number of benzene rings is 1. The summed E-state index contributed by atoms with van der Waals surface area (Å²) in [6, 6.07) is 4.70. The largest absolute Gasteiger partial charge is 0.390 e. The first-order valence-electron chi connectivity index (χ1n) is 8.87. The first-order valence-corrected chi connectivity index (χ1v) is 11.1. The number of para-hydroxylation sites is 1. The minimum Gasteiger partial charge on any atom is -0.390 e. The number of rotatable bonds is 10. The maximum absolute atomic E-state index is 13.6. The Morgan fingerprint density at radius 1 is 1.37 bits per heavy atom. The van der Waals surface area contributed by atoms with Gasteiger partial charge in [0.05, 0.1) is 27.3 Å². The molecule has 166 valence electrons. The Hall–Kier alpha value is -1.96. The van der Waals surface area contributed by atoms with E-state index >= 15 is 0 Å². The molecule has 2 rings (SSSR count). The fourth-order valence-corrected chi connectivity index (χ4v) is 5.16. The van der Waals surface area contributed by atoms with Crippen LogP contribution in [-0.4, -0.2) is 51.6 Å². The second kappa shape index (κ2) is 9.45. The topological polar surface area (TPSA) is 119 Å². The van der Waals surface area contributed by atoms with Gasteiger partial charge in [-0.05, 0) is 28.4 Å². The van der Waals surface area contributed by atoms with E-state index in [2.05, 4.69) is 21.0 Å². The number of hydrogen-bond donors (Lipinski definition) is 1. The van der Waals surface area contributed by atoms with Gasteiger partial charge in [-0.1, -0.05) is 19.1 Å². The molecule has 0 atom stereocenters. The molecular weight excluding hydrogens is 490 g/mol. The minimum absolute atomic E-state index is 0.281. The fourth-order valence-electron chi connectivity index (χ4n) is 2.86. The normalized spacial score (nSPS) is 12.5. The third kappa shape index (κ3) is 5.20. The monoisotopic (exact) mass is 510 g/mol. The van der Waals surface area contributed by atoms with Gasteiger partial charge in [0.2, 0.25) is 10.0 Å². The number of nitro benzene ring substituents is 1. The highest BCUT2D eigenvalue weighted by atomic mass is 79.9. The van der Waals surface area contributed by atoms with Gasteiger partial charge in [0.25, 0.3) is 11.6 Å². The summed E-state index contributed by atoms with van der Waals surface area (Å²) in [6.45, 7) is -0.633. The summed E-state index contributed by atoms with van der Waals surface area (Å²) in [6.07, 6.45) is -0.377. The third-order valence-corrected chi connectivity index (χ3v) is 7.28. The van der Waals surface area contributed by atoms with Gasteiger partial charge in [0.15, 0.2) is 4.90 Å². The molecular formula is C17H21BrF2N4O5S. The minimum atomic E-state index is -4.53. The van der Waals surface area contributed by atoms with Gasteiger partial charge in [-0.2, -0.15) is 9.40 Å². The predicted molar refractivity (Wildman–Crippen MR) is 108 cm³/mol. The number of aromatic nitrogens is 2. The molecule has 0 aliphatic rings. The number of aliphatic hydroxyl groups is 1. The summed E-state index contributed by atoms with van der Waals surface area (Å²) in [5.74, 6) is -3.51. The molecule has 0 amide bonds. The van der Waals surface area contributed by atoms with Crippen LogP contribution in [0.4, 0.5) is 14.5 Å². The average Bonchev–Trinajstić information content (AvgIpc) is 2.97. The summed E-state index contributed by atoms with van der Waals surface area (Å²) >= 11 is 3.35. The molecule has 1 N–H and O–H groups in total. The van der Waals surface area contributed by atoms with E-state index in [4.69, 9.17) is 5.11 Å². The van der Waals surface area contributed by atoms with Gasteiger partial charge in [-0.15, -0.1) is 0 Å². The lowest BCUT2D eigenvalue weighted by Gasteiger charge is -2.23. The van der Waals surface area contributed by atoms with E-state index in [-0.39, 0.29) is 12.2 Å². The molecule has 30 heavy (non-hydrogen) atoms. The van der Waals surface area contributed by atoms with Crippen molar-refractivity contribution in [3.63, 3.8) is 0 Å². The molecule has 13 heteroatoms. The molecule has 0 unspecified atom stereocenters. The predicted octanol–water partition coefficient (Wildman–Crippen LogP) is 2.86. The SMILES string of the molecule is CCc1c(Br)c(CN(CCC(F)(F)CO)S(=O)(=O)c2ccccc2[N+](=O)[O-])nn1C. The standard InChI is InChI=1S/C17H21BrF2N4O5S/c1-3-13-16(18)12(21-22(13)2)10-23(9-8-17(19,20)11-25)30(28,29)15-7-5-4-6-14(15)24(26)27/h4-7,25H,3,8-11H2,1-2H3. The number of alkyl halides is 2. The van der Waals surface area contributed by atoms with Crippen LogP contribution < -0.4 is 0 Å². The number of hydrogen-bond acceptors (Lipinski definition) is 6. The molecule has 0 spiro atoms. The average molecular weight is 511 g/mol. The maximum Gasteiger partial charge on any atom is 0.289 e. The molecule has 9 nitrogen and oxygen atoms in total. The van der Waals surface area contributed by atoms with Crippen LogP contribution in [0.15, 0.2) is 33.6 Å². The molecule has 0 aliphatic carbocycles. The molecule has 1 heterocycles. The van der Waals surface area contributed by atoms with Crippen molar-refractivity contribution in [2.24, 2.45) is 7.05 Å². The van der Waals surface area contributed by atoms with Crippen LogP contribution in [0.5, 0.6) is 0 Å². The van der Waals surface area contributed by atoms with Crippen molar-refractivity contribution in [1.82, 2.24) is 14.1 Å². The Kier molecular flexibility index (Phi) is 7.66. The van der Waals surface area contributed by atoms with Crippen molar-refractivity contribution < 1.29 is 27.2 Å². The molecule has 0 aliphatic heterocycles. The van der Waals surface area contributed by atoms with Gasteiger partial charge in [0.1, 0.15) is 6.61 Å². The van der Waals surface area contributed by atoms with Gasteiger partial charge < -0.3 is 5.11 Å². The van der Waals surface area contributed by atoms with Crippen molar-refractivity contribution >= 4 is 31.6 Å². The molecule has 1 aromatic carbocycles. The van der Waals surface area contributed by atoms with Crippen molar-refractivity contribution in [2.45, 2.75) is 37.1 Å². The lowest BCUT2D eigenvalue weighted by molar-refractivity contribution is -0.387. The molecule has 0 saturated heterocycles. The second-order valence-electron chi connectivity index (χ2n) is 6.51. The smallest absolute Gasteiger partial charge is 0.289 e. The van der Waals surface area contributed by atoms with Crippen LogP contribution in [0, 0.1) is 10.1 Å². The molecule has 2 aromatic rings. The number of sulfonamides is 1.